The molecular weight excluding hydrogens is 132 g/mol. The van der Waals surface area contributed by atoms with E-state index < -0.39 is 5.79 Å². The molecule has 0 unspecified atom stereocenters. The fraction of sp³-hybridized carbons (Fsp3) is 1.00. The highest BCUT2D eigenvalue weighted by atomic mass is 16.8. The lowest BCUT2D eigenvalue weighted by molar-refractivity contribution is -0.140. The van der Waals surface area contributed by atoms with Crippen LogP contribution >= 0.6 is 0 Å². The Balaban J connectivity index is 1.92. The summed E-state index contributed by atoms with van der Waals surface area (Å²) in [5.41, 5.74) is 0. The van der Waals surface area contributed by atoms with Crippen LogP contribution in [0.3, 0.4) is 0 Å². The first kappa shape index (κ1) is 6.58. The minimum atomic E-state index is -0.392. The van der Waals surface area contributed by atoms with Gasteiger partial charge in [0.1, 0.15) is 12.2 Å². The van der Waals surface area contributed by atoms with Gasteiger partial charge < -0.3 is 14.2 Å². The molecule has 0 aromatic heterocycles. The second-order valence-corrected chi connectivity index (χ2v) is 3.24. The smallest absolute Gasteiger partial charge is 0.163 e. The highest BCUT2D eigenvalue weighted by Gasteiger charge is 2.43. The molecule has 3 heteroatoms. The lowest BCUT2D eigenvalue weighted by Gasteiger charge is -2.15. The van der Waals surface area contributed by atoms with Crippen molar-refractivity contribution in [1.29, 1.82) is 0 Å². The zero-order chi connectivity index (χ0) is 7.19. The fourth-order valence-electron chi connectivity index (χ4n) is 1.17. The topological polar surface area (TPSA) is 31.0 Å². The Morgan fingerprint density at radius 3 is 2.30 bits per heavy atom. The van der Waals surface area contributed by atoms with Crippen LogP contribution in [0.1, 0.15) is 13.8 Å². The molecule has 0 aliphatic carbocycles. The highest BCUT2D eigenvalue weighted by molar-refractivity contribution is 4.84. The van der Waals surface area contributed by atoms with Crippen molar-refractivity contribution in [2.45, 2.75) is 31.8 Å². The van der Waals surface area contributed by atoms with E-state index in [4.69, 9.17) is 14.2 Å². The normalized spacial score (nSPS) is 43.8. The number of ether oxygens (including phenoxy) is 3. The van der Waals surface area contributed by atoms with Crippen LogP contribution < -0.4 is 0 Å². The number of hydrogen-bond donors (Lipinski definition) is 0. The molecule has 10 heavy (non-hydrogen) atoms. The SMILES string of the molecule is CC1(C)OC[C@H]([C@H]2CO2)O1. The molecule has 0 saturated carbocycles. The van der Waals surface area contributed by atoms with E-state index in [0.717, 1.165) is 6.61 Å². The third-order valence-electron chi connectivity index (χ3n) is 1.80. The van der Waals surface area contributed by atoms with Crippen molar-refractivity contribution in [3.8, 4) is 0 Å². The maximum absolute atomic E-state index is 5.53. The average Bonchev–Trinajstić information content (AvgIpc) is 2.59. The van der Waals surface area contributed by atoms with Gasteiger partial charge in [0.05, 0.1) is 13.2 Å². The van der Waals surface area contributed by atoms with Crippen LogP contribution in [0.5, 0.6) is 0 Å². The number of hydrogen-bond acceptors (Lipinski definition) is 3. The van der Waals surface area contributed by atoms with Gasteiger partial charge in [-0.25, -0.2) is 0 Å². The number of rotatable bonds is 1. The summed E-state index contributed by atoms with van der Waals surface area (Å²) in [6, 6.07) is 0. The second-order valence-electron chi connectivity index (χ2n) is 3.24. The molecule has 2 fully saturated rings. The second kappa shape index (κ2) is 1.94. The van der Waals surface area contributed by atoms with Gasteiger partial charge in [0.25, 0.3) is 0 Å². The van der Waals surface area contributed by atoms with Gasteiger partial charge in [-0.3, -0.25) is 0 Å². The standard InChI is InChI=1S/C7H12O3/c1-7(2)9-4-6(10-7)5-3-8-5/h5-6H,3-4H2,1-2H3/t5-,6-/m1/s1. The summed E-state index contributed by atoms with van der Waals surface area (Å²) in [5, 5.41) is 0. The van der Waals surface area contributed by atoms with Gasteiger partial charge in [-0.1, -0.05) is 0 Å². The summed E-state index contributed by atoms with van der Waals surface area (Å²) in [5.74, 6) is -0.392. The van der Waals surface area contributed by atoms with Crippen molar-refractivity contribution in [1.82, 2.24) is 0 Å². The molecule has 2 heterocycles. The molecule has 2 saturated heterocycles. The molecule has 58 valence electrons. The van der Waals surface area contributed by atoms with Crippen molar-refractivity contribution in [2.75, 3.05) is 13.2 Å². The zero-order valence-electron chi connectivity index (χ0n) is 6.29. The van der Waals surface area contributed by atoms with E-state index in [1.807, 2.05) is 13.8 Å². The van der Waals surface area contributed by atoms with Crippen molar-refractivity contribution in [3.63, 3.8) is 0 Å². The summed E-state index contributed by atoms with van der Waals surface area (Å²) < 4.78 is 16.0. The van der Waals surface area contributed by atoms with E-state index in [0.29, 0.717) is 12.7 Å². The van der Waals surface area contributed by atoms with Crippen LogP contribution in [-0.4, -0.2) is 31.2 Å². The minimum Gasteiger partial charge on any atom is -0.370 e. The summed E-state index contributed by atoms with van der Waals surface area (Å²) in [6.45, 7) is 5.37. The molecule has 0 spiro atoms. The van der Waals surface area contributed by atoms with Crippen LogP contribution in [0.2, 0.25) is 0 Å². The monoisotopic (exact) mass is 144 g/mol. The third kappa shape index (κ3) is 1.17. The zero-order valence-corrected chi connectivity index (χ0v) is 6.29. The Hall–Kier alpha value is -0.120. The Labute approximate surface area is 60.3 Å². The Morgan fingerprint density at radius 2 is 1.90 bits per heavy atom. The molecule has 3 nitrogen and oxygen atoms in total. The maximum atomic E-state index is 5.53. The summed E-state index contributed by atoms with van der Waals surface area (Å²) in [7, 11) is 0. The van der Waals surface area contributed by atoms with E-state index in [1.54, 1.807) is 0 Å². The minimum absolute atomic E-state index is 0.176. The van der Waals surface area contributed by atoms with Crippen molar-refractivity contribution < 1.29 is 14.2 Å². The highest BCUT2D eigenvalue weighted by Crippen LogP contribution is 2.29. The Morgan fingerprint density at radius 1 is 1.20 bits per heavy atom. The molecule has 2 atom stereocenters. The molecule has 2 rings (SSSR count). The molecule has 0 N–H and O–H groups in total. The Bertz CT molecular complexity index is 140. The van der Waals surface area contributed by atoms with Gasteiger partial charge in [-0.15, -0.1) is 0 Å². The van der Waals surface area contributed by atoms with E-state index in [1.165, 1.54) is 0 Å². The van der Waals surface area contributed by atoms with Crippen molar-refractivity contribution in [2.24, 2.45) is 0 Å². The van der Waals surface area contributed by atoms with Gasteiger partial charge in [0.15, 0.2) is 5.79 Å². The molecule has 0 radical (unpaired) electrons. The van der Waals surface area contributed by atoms with Crippen molar-refractivity contribution >= 4 is 0 Å². The lowest BCUT2D eigenvalue weighted by atomic mass is 10.3. The predicted octanol–water partition coefficient (Wildman–Crippen LogP) is 0.537. The quantitative estimate of drug-likeness (QED) is 0.503. The molecule has 2 aliphatic heterocycles. The van der Waals surface area contributed by atoms with Crippen LogP contribution in [0.15, 0.2) is 0 Å². The Kier molecular flexibility index (Phi) is 1.27. The molecule has 0 aromatic carbocycles. The molecular formula is C7H12O3. The van der Waals surface area contributed by atoms with E-state index >= 15 is 0 Å². The molecule has 2 aliphatic rings. The van der Waals surface area contributed by atoms with Gasteiger partial charge in [-0.2, -0.15) is 0 Å². The largest absolute Gasteiger partial charge is 0.370 e. The van der Waals surface area contributed by atoms with Crippen LogP contribution in [0, 0.1) is 0 Å². The fourth-order valence-corrected chi connectivity index (χ4v) is 1.17. The van der Waals surface area contributed by atoms with Crippen LogP contribution in [-0.2, 0) is 14.2 Å². The maximum Gasteiger partial charge on any atom is 0.163 e. The molecule has 0 aromatic rings. The van der Waals surface area contributed by atoms with E-state index in [2.05, 4.69) is 0 Å². The lowest BCUT2D eigenvalue weighted by Crippen LogP contribution is -2.24. The summed E-state index contributed by atoms with van der Waals surface area (Å²) >= 11 is 0. The summed E-state index contributed by atoms with van der Waals surface area (Å²) in [6.07, 6.45) is 0.483. The third-order valence-corrected chi connectivity index (χ3v) is 1.80. The number of epoxide rings is 1. The van der Waals surface area contributed by atoms with Gasteiger partial charge in [0, 0.05) is 0 Å². The molecule has 0 amide bonds. The van der Waals surface area contributed by atoms with Crippen LogP contribution in [0.25, 0.3) is 0 Å². The van der Waals surface area contributed by atoms with Gasteiger partial charge >= 0.3 is 0 Å². The van der Waals surface area contributed by atoms with E-state index in [9.17, 15) is 0 Å². The predicted molar refractivity (Wildman–Crippen MR) is 34.6 cm³/mol. The van der Waals surface area contributed by atoms with Gasteiger partial charge in [-0.05, 0) is 13.8 Å². The summed E-state index contributed by atoms with van der Waals surface area (Å²) in [4.78, 5) is 0. The average molecular weight is 144 g/mol. The molecule has 0 bridgehead atoms. The van der Waals surface area contributed by atoms with E-state index in [-0.39, 0.29) is 6.10 Å². The first-order valence-corrected chi connectivity index (χ1v) is 3.61. The first-order valence-electron chi connectivity index (χ1n) is 3.61. The first-order chi connectivity index (χ1) is 4.67. The van der Waals surface area contributed by atoms with Crippen LogP contribution in [0.4, 0.5) is 0 Å². The van der Waals surface area contributed by atoms with Gasteiger partial charge in [0.2, 0.25) is 0 Å². The van der Waals surface area contributed by atoms with Crippen molar-refractivity contribution in [3.05, 3.63) is 0 Å².